The number of rotatable bonds is 4. The minimum atomic E-state index is -0.576. The van der Waals surface area contributed by atoms with Gasteiger partial charge in [-0.2, -0.15) is 0 Å². The number of amides is 2. The second-order valence-corrected chi connectivity index (χ2v) is 8.50. The molecule has 146 valence electrons. The minimum Gasteiger partial charge on any atom is -0.338 e. The molecule has 2 aromatic heterocycles. The van der Waals surface area contributed by atoms with Gasteiger partial charge in [0.05, 0.1) is 0 Å². The lowest BCUT2D eigenvalue weighted by atomic mass is 10.1. The van der Waals surface area contributed by atoms with Crippen molar-refractivity contribution in [2.45, 2.75) is 24.8 Å². The van der Waals surface area contributed by atoms with Crippen molar-refractivity contribution in [3.8, 4) is 0 Å². The Morgan fingerprint density at radius 2 is 2.03 bits per heavy atom. The first-order valence-corrected chi connectivity index (χ1v) is 10.3. The molecule has 1 aliphatic heterocycles. The number of likely N-dealkylation sites (N-methyl/N-ethyl adjacent to an activating group) is 1. The number of fused-ring (bicyclic) bond motifs is 3. The predicted octanol–water partition coefficient (Wildman–Crippen LogP) is 2.40. The largest absolute Gasteiger partial charge is 0.338 e. The van der Waals surface area contributed by atoms with E-state index in [1.54, 1.807) is 18.1 Å². The molecule has 5 rings (SSSR count). The van der Waals surface area contributed by atoms with E-state index in [-0.39, 0.29) is 28.7 Å². The van der Waals surface area contributed by atoms with Crippen LogP contribution in [-0.2, 0) is 11.2 Å². The quantitative estimate of drug-likeness (QED) is 0.720. The van der Waals surface area contributed by atoms with Crippen LogP contribution in [0.25, 0.3) is 0 Å². The van der Waals surface area contributed by atoms with Crippen LogP contribution in [0.2, 0.25) is 0 Å². The highest BCUT2D eigenvalue weighted by atomic mass is 32.1. The van der Waals surface area contributed by atoms with Crippen molar-refractivity contribution in [1.82, 2.24) is 20.5 Å². The Kier molecular flexibility index (Phi) is 4.35. The lowest BCUT2D eigenvalue weighted by Gasteiger charge is -2.22. The van der Waals surface area contributed by atoms with Crippen molar-refractivity contribution < 1.29 is 9.59 Å². The number of pyridine rings is 1. The van der Waals surface area contributed by atoms with Gasteiger partial charge in [0.15, 0.2) is 0 Å². The number of carbonyl (C=O) groups excluding carboxylic acids is 2. The lowest BCUT2D eigenvalue weighted by molar-refractivity contribution is -0.120. The number of carbonyl (C=O) groups is 2. The van der Waals surface area contributed by atoms with Gasteiger partial charge in [0, 0.05) is 19.7 Å². The van der Waals surface area contributed by atoms with Gasteiger partial charge in [-0.3, -0.25) is 14.5 Å². The topological polar surface area (TPSA) is 88.1 Å². The fourth-order valence-electron chi connectivity index (χ4n) is 3.97. The molecule has 0 unspecified atom stereocenters. The number of benzene rings is 1. The highest BCUT2D eigenvalue weighted by Crippen LogP contribution is 2.53. The molecule has 3 aromatic rings. The predicted molar refractivity (Wildman–Crippen MR) is 109 cm³/mol. The summed E-state index contributed by atoms with van der Waals surface area (Å²) in [7, 11) is 1.71. The van der Waals surface area contributed by atoms with E-state index in [1.807, 2.05) is 42.5 Å². The van der Waals surface area contributed by atoms with Gasteiger partial charge >= 0.3 is 0 Å². The molecule has 3 heterocycles. The molecule has 3 atom stereocenters. The van der Waals surface area contributed by atoms with Crippen LogP contribution in [-0.4, -0.2) is 40.1 Å². The summed E-state index contributed by atoms with van der Waals surface area (Å²) in [4.78, 5) is 31.7. The van der Waals surface area contributed by atoms with Crippen LogP contribution < -0.4 is 10.2 Å². The van der Waals surface area contributed by atoms with Crippen molar-refractivity contribution in [3.05, 3.63) is 69.8 Å². The van der Waals surface area contributed by atoms with E-state index in [2.05, 4.69) is 20.5 Å². The molecule has 0 bridgehead atoms. The average molecular weight is 405 g/mol. The number of nitrogens with zero attached hydrogens (tertiary/aromatic N) is 4. The molecule has 1 aliphatic carbocycles. The van der Waals surface area contributed by atoms with Crippen LogP contribution >= 0.6 is 11.3 Å². The zero-order chi connectivity index (χ0) is 20.0. The van der Waals surface area contributed by atoms with Gasteiger partial charge in [-0.1, -0.05) is 47.7 Å². The van der Waals surface area contributed by atoms with E-state index in [1.165, 1.54) is 11.3 Å². The summed E-state index contributed by atoms with van der Waals surface area (Å²) < 4.78 is 0. The van der Waals surface area contributed by atoms with E-state index in [9.17, 15) is 9.59 Å². The standard InChI is InChI=1S/C21H19N5O2S/c1-26-18-13(8-5-9-22-18)14-11-15(14)17(21(26)28)23-19(27)20-25-24-16(29-20)10-12-6-3-2-4-7-12/h2-9,14-15,17H,10-11H2,1H3,(H,23,27)/t14-,15-,17-/m1/s1. The summed E-state index contributed by atoms with van der Waals surface area (Å²) >= 11 is 1.26. The molecule has 0 saturated heterocycles. The third-order valence-corrected chi connectivity index (χ3v) is 6.47. The third-order valence-electron chi connectivity index (χ3n) is 5.54. The van der Waals surface area contributed by atoms with E-state index in [0.717, 1.165) is 22.6 Å². The summed E-state index contributed by atoms with van der Waals surface area (Å²) in [6, 6.07) is 13.3. The second-order valence-electron chi connectivity index (χ2n) is 7.43. The molecule has 8 heteroatoms. The maximum absolute atomic E-state index is 13.0. The summed E-state index contributed by atoms with van der Waals surface area (Å²) in [6.07, 6.45) is 3.19. The van der Waals surface area contributed by atoms with Gasteiger partial charge < -0.3 is 5.32 Å². The Bertz CT molecular complexity index is 1080. The van der Waals surface area contributed by atoms with Gasteiger partial charge in [0.1, 0.15) is 16.9 Å². The average Bonchev–Trinajstić information content (AvgIpc) is 3.41. The molecule has 1 saturated carbocycles. The van der Waals surface area contributed by atoms with E-state index in [4.69, 9.17) is 0 Å². The maximum atomic E-state index is 13.0. The van der Waals surface area contributed by atoms with Crippen LogP contribution in [0.5, 0.6) is 0 Å². The SMILES string of the molecule is CN1C(=O)[C@H](NC(=O)c2nnc(Cc3ccccc3)s2)[C@@H]2C[C@@H]2c2cccnc21. The number of nitrogens with one attached hydrogen (secondary N) is 1. The fraction of sp³-hybridized carbons (Fsp3) is 0.286. The Morgan fingerprint density at radius 1 is 1.21 bits per heavy atom. The van der Waals surface area contributed by atoms with E-state index < -0.39 is 6.04 Å². The van der Waals surface area contributed by atoms with E-state index in [0.29, 0.717) is 12.2 Å². The van der Waals surface area contributed by atoms with Crippen molar-refractivity contribution >= 4 is 29.0 Å². The monoisotopic (exact) mass is 405 g/mol. The van der Waals surface area contributed by atoms with Gasteiger partial charge in [-0.05, 0) is 35.4 Å². The van der Waals surface area contributed by atoms with Crippen LogP contribution in [0.4, 0.5) is 5.82 Å². The number of aromatic nitrogens is 3. The molecule has 1 aromatic carbocycles. The Labute approximate surface area is 171 Å². The molecule has 0 spiro atoms. The van der Waals surface area contributed by atoms with Gasteiger partial charge in [0.25, 0.3) is 11.8 Å². The summed E-state index contributed by atoms with van der Waals surface area (Å²) in [5.41, 5.74) is 2.19. The van der Waals surface area contributed by atoms with Crippen molar-refractivity contribution in [2.24, 2.45) is 5.92 Å². The highest BCUT2D eigenvalue weighted by molar-refractivity contribution is 7.13. The second kappa shape index (κ2) is 7.04. The van der Waals surface area contributed by atoms with E-state index >= 15 is 0 Å². The first kappa shape index (κ1) is 17.9. The first-order valence-electron chi connectivity index (χ1n) is 9.51. The molecule has 2 aliphatic rings. The minimum absolute atomic E-state index is 0.0936. The third kappa shape index (κ3) is 3.29. The Balaban J connectivity index is 1.32. The molecule has 29 heavy (non-hydrogen) atoms. The van der Waals surface area contributed by atoms with Gasteiger partial charge in [0.2, 0.25) is 5.01 Å². The smallest absolute Gasteiger partial charge is 0.282 e. The molecular weight excluding hydrogens is 386 g/mol. The molecule has 1 N–H and O–H groups in total. The molecule has 2 amide bonds. The fourth-order valence-corrected chi connectivity index (χ4v) is 4.75. The van der Waals surface area contributed by atoms with Crippen molar-refractivity contribution in [3.63, 3.8) is 0 Å². The molecule has 0 radical (unpaired) electrons. The normalized spacial score (nSPS) is 22.4. The van der Waals surface area contributed by atoms with Crippen molar-refractivity contribution in [2.75, 3.05) is 11.9 Å². The number of hydrogen-bond donors (Lipinski definition) is 1. The van der Waals surface area contributed by atoms with Crippen LogP contribution in [0.1, 0.15) is 38.3 Å². The van der Waals surface area contributed by atoms with Crippen molar-refractivity contribution in [1.29, 1.82) is 0 Å². The maximum Gasteiger partial charge on any atom is 0.282 e. The summed E-state index contributed by atoms with van der Waals surface area (Å²) in [5.74, 6) is 0.537. The Hall–Kier alpha value is -3.13. The van der Waals surface area contributed by atoms with Gasteiger partial charge in [-0.15, -0.1) is 10.2 Å². The molecule has 1 fully saturated rings. The van der Waals surface area contributed by atoms with Crippen LogP contribution in [0, 0.1) is 5.92 Å². The first-order chi connectivity index (χ1) is 14.1. The van der Waals surface area contributed by atoms with Gasteiger partial charge in [-0.25, -0.2) is 4.98 Å². The Morgan fingerprint density at radius 3 is 2.86 bits per heavy atom. The summed E-state index contributed by atoms with van der Waals surface area (Å²) in [5, 5.41) is 12.1. The summed E-state index contributed by atoms with van der Waals surface area (Å²) in [6.45, 7) is 0. The highest BCUT2D eigenvalue weighted by Gasteiger charge is 2.52. The zero-order valence-electron chi connectivity index (χ0n) is 15.8. The van der Waals surface area contributed by atoms with Crippen LogP contribution in [0.3, 0.4) is 0 Å². The number of anilines is 1. The number of hydrogen-bond acceptors (Lipinski definition) is 6. The molecule has 7 nitrogen and oxygen atoms in total. The lowest BCUT2D eigenvalue weighted by Crippen LogP contribution is -2.48. The van der Waals surface area contributed by atoms with Crippen LogP contribution in [0.15, 0.2) is 48.7 Å². The molecular formula is C21H19N5O2S. The zero-order valence-corrected chi connectivity index (χ0v) is 16.6.